The highest BCUT2D eigenvalue weighted by Gasteiger charge is 2.32. The second kappa shape index (κ2) is 5.65. The van der Waals surface area contributed by atoms with Gasteiger partial charge in [0.25, 0.3) is 0 Å². The van der Waals surface area contributed by atoms with Gasteiger partial charge in [0.15, 0.2) is 0 Å². The molecule has 0 aliphatic heterocycles. The first-order valence-corrected chi connectivity index (χ1v) is 6.63. The van der Waals surface area contributed by atoms with E-state index in [4.69, 9.17) is 4.74 Å². The molecule has 17 heavy (non-hydrogen) atoms. The van der Waals surface area contributed by atoms with Crippen LogP contribution in [-0.4, -0.2) is 19.8 Å². The van der Waals surface area contributed by atoms with Crippen LogP contribution < -0.4 is 5.32 Å². The second-order valence-electron chi connectivity index (χ2n) is 4.97. The number of methoxy groups -OCH3 is 1. The molecule has 0 spiro atoms. The molecule has 0 aromatic heterocycles. The van der Waals surface area contributed by atoms with Crippen molar-refractivity contribution in [2.75, 3.05) is 13.7 Å². The number of fused-ring (bicyclic) bond motifs is 1. The van der Waals surface area contributed by atoms with Crippen molar-refractivity contribution in [3.63, 3.8) is 0 Å². The lowest BCUT2D eigenvalue weighted by atomic mass is 9.79. The van der Waals surface area contributed by atoms with E-state index in [-0.39, 0.29) is 0 Å². The zero-order valence-electron chi connectivity index (χ0n) is 11.1. The molecule has 0 radical (unpaired) electrons. The number of nitrogens with one attached hydrogen (secondary N) is 1. The Kier molecular flexibility index (Phi) is 4.19. The van der Waals surface area contributed by atoms with Crippen LogP contribution in [0.3, 0.4) is 0 Å². The first-order valence-electron chi connectivity index (χ1n) is 6.63. The molecule has 0 fully saturated rings. The molecular formula is C15H23NO. The predicted octanol–water partition coefficient (Wildman–Crippen LogP) is 3.25. The molecule has 2 rings (SSSR count). The number of hydrogen-bond donors (Lipinski definition) is 1. The fourth-order valence-electron chi connectivity index (χ4n) is 2.83. The Bertz CT molecular complexity index is 364. The summed E-state index contributed by atoms with van der Waals surface area (Å²) < 4.78 is 5.67. The van der Waals surface area contributed by atoms with Crippen molar-refractivity contribution >= 4 is 0 Å². The molecule has 3 unspecified atom stereocenters. The highest BCUT2D eigenvalue weighted by atomic mass is 16.5. The van der Waals surface area contributed by atoms with Gasteiger partial charge < -0.3 is 10.1 Å². The van der Waals surface area contributed by atoms with Gasteiger partial charge >= 0.3 is 0 Å². The monoisotopic (exact) mass is 233 g/mol. The molecule has 1 aromatic carbocycles. The van der Waals surface area contributed by atoms with E-state index in [1.54, 1.807) is 0 Å². The Hall–Kier alpha value is -0.860. The zero-order valence-corrected chi connectivity index (χ0v) is 11.1. The normalized spacial score (nSPS) is 27.8. The summed E-state index contributed by atoms with van der Waals surface area (Å²) in [5.74, 6) is 0.593. The van der Waals surface area contributed by atoms with Crippen LogP contribution in [0.25, 0.3) is 0 Å². The van der Waals surface area contributed by atoms with Gasteiger partial charge in [-0.2, -0.15) is 0 Å². The summed E-state index contributed by atoms with van der Waals surface area (Å²) in [6, 6.07) is 9.12. The maximum absolute atomic E-state index is 5.67. The second-order valence-corrected chi connectivity index (χ2v) is 4.97. The van der Waals surface area contributed by atoms with Crippen LogP contribution in [0, 0.1) is 0 Å². The number of ether oxygens (including phenoxy) is 1. The maximum Gasteiger partial charge on any atom is 0.0771 e. The lowest BCUT2D eigenvalue weighted by Gasteiger charge is -2.36. The third-order valence-electron chi connectivity index (χ3n) is 3.74. The molecule has 1 aliphatic rings. The highest BCUT2D eigenvalue weighted by molar-refractivity contribution is 5.36. The van der Waals surface area contributed by atoms with Crippen LogP contribution in [0.15, 0.2) is 24.3 Å². The summed E-state index contributed by atoms with van der Waals surface area (Å²) in [4.78, 5) is 0. The Labute approximate surface area is 104 Å². The molecule has 0 saturated heterocycles. The SMILES string of the molecule is CCCNC1c2ccccc2C(C)CC1OC. The van der Waals surface area contributed by atoms with E-state index in [9.17, 15) is 0 Å². The van der Waals surface area contributed by atoms with Crippen molar-refractivity contribution in [2.45, 2.75) is 44.8 Å². The predicted molar refractivity (Wildman–Crippen MR) is 71.3 cm³/mol. The molecule has 1 aliphatic carbocycles. The lowest BCUT2D eigenvalue weighted by molar-refractivity contribution is 0.0496. The standard InChI is InChI=1S/C15H23NO/c1-4-9-16-15-13-8-6-5-7-12(13)11(2)10-14(15)17-3/h5-8,11,14-16H,4,9-10H2,1-3H3. The Balaban J connectivity index is 2.29. The van der Waals surface area contributed by atoms with Crippen LogP contribution in [-0.2, 0) is 4.74 Å². The van der Waals surface area contributed by atoms with Gasteiger partial charge in [-0.25, -0.2) is 0 Å². The molecule has 3 atom stereocenters. The zero-order chi connectivity index (χ0) is 12.3. The van der Waals surface area contributed by atoms with Crippen LogP contribution >= 0.6 is 0 Å². The minimum Gasteiger partial charge on any atom is -0.379 e. The first-order chi connectivity index (χ1) is 8.27. The van der Waals surface area contributed by atoms with Gasteiger partial charge in [0.2, 0.25) is 0 Å². The number of hydrogen-bond acceptors (Lipinski definition) is 2. The van der Waals surface area contributed by atoms with Gasteiger partial charge in [0.05, 0.1) is 12.1 Å². The van der Waals surface area contributed by atoms with Crippen molar-refractivity contribution in [2.24, 2.45) is 0 Å². The molecular weight excluding hydrogens is 210 g/mol. The molecule has 1 N–H and O–H groups in total. The minimum absolute atomic E-state index is 0.298. The number of rotatable bonds is 4. The fraction of sp³-hybridized carbons (Fsp3) is 0.600. The van der Waals surface area contributed by atoms with E-state index in [2.05, 4.69) is 43.4 Å². The summed E-state index contributed by atoms with van der Waals surface area (Å²) in [7, 11) is 1.83. The molecule has 0 saturated carbocycles. The van der Waals surface area contributed by atoms with Crippen molar-refractivity contribution in [3.8, 4) is 0 Å². The van der Waals surface area contributed by atoms with Gasteiger partial charge in [-0.1, -0.05) is 38.1 Å². The third-order valence-corrected chi connectivity index (χ3v) is 3.74. The Morgan fingerprint density at radius 1 is 1.29 bits per heavy atom. The van der Waals surface area contributed by atoms with E-state index in [1.807, 2.05) is 7.11 Å². The Morgan fingerprint density at radius 2 is 2.00 bits per heavy atom. The fourth-order valence-corrected chi connectivity index (χ4v) is 2.83. The number of benzene rings is 1. The van der Waals surface area contributed by atoms with Gasteiger partial charge in [-0.15, -0.1) is 0 Å². The first kappa shape index (κ1) is 12.6. The smallest absolute Gasteiger partial charge is 0.0771 e. The van der Waals surface area contributed by atoms with Crippen molar-refractivity contribution in [1.29, 1.82) is 0 Å². The third kappa shape index (κ3) is 2.53. The average Bonchev–Trinajstić information content (AvgIpc) is 2.37. The van der Waals surface area contributed by atoms with Gasteiger partial charge in [0, 0.05) is 7.11 Å². The lowest BCUT2D eigenvalue weighted by Crippen LogP contribution is -2.38. The molecule has 0 heterocycles. The van der Waals surface area contributed by atoms with Crippen LogP contribution in [0.4, 0.5) is 0 Å². The molecule has 2 heteroatoms. The van der Waals surface area contributed by atoms with Gasteiger partial charge in [0.1, 0.15) is 0 Å². The van der Waals surface area contributed by atoms with E-state index in [0.717, 1.165) is 19.4 Å². The highest BCUT2D eigenvalue weighted by Crippen LogP contribution is 2.38. The van der Waals surface area contributed by atoms with Crippen LogP contribution in [0.5, 0.6) is 0 Å². The summed E-state index contributed by atoms with van der Waals surface area (Å²) >= 11 is 0. The molecule has 94 valence electrons. The van der Waals surface area contributed by atoms with Gasteiger partial charge in [-0.05, 0) is 36.4 Å². The Morgan fingerprint density at radius 3 is 2.65 bits per heavy atom. The molecule has 0 amide bonds. The van der Waals surface area contributed by atoms with E-state index >= 15 is 0 Å². The quantitative estimate of drug-likeness (QED) is 0.862. The van der Waals surface area contributed by atoms with Crippen molar-refractivity contribution in [1.82, 2.24) is 5.32 Å². The van der Waals surface area contributed by atoms with E-state index in [0.29, 0.717) is 18.1 Å². The summed E-state index contributed by atoms with van der Waals surface area (Å²) in [6.07, 6.45) is 2.56. The summed E-state index contributed by atoms with van der Waals surface area (Å²) in [5.41, 5.74) is 2.90. The van der Waals surface area contributed by atoms with Crippen molar-refractivity contribution in [3.05, 3.63) is 35.4 Å². The summed E-state index contributed by atoms with van der Waals surface area (Å²) in [5, 5.41) is 3.62. The summed E-state index contributed by atoms with van der Waals surface area (Å²) in [6.45, 7) is 5.54. The van der Waals surface area contributed by atoms with Crippen molar-refractivity contribution < 1.29 is 4.74 Å². The van der Waals surface area contributed by atoms with E-state index < -0.39 is 0 Å². The largest absolute Gasteiger partial charge is 0.379 e. The average molecular weight is 233 g/mol. The molecule has 2 nitrogen and oxygen atoms in total. The molecule has 0 bridgehead atoms. The van der Waals surface area contributed by atoms with Crippen LogP contribution in [0.1, 0.15) is 49.8 Å². The van der Waals surface area contributed by atoms with Crippen LogP contribution in [0.2, 0.25) is 0 Å². The topological polar surface area (TPSA) is 21.3 Å². The van der Waals surface area contributed by atoms with E-state index in [1.165, 1.54) is 11.1 Å². The molecule has 1 aromatic rings. The minimum atomic E-state index is 0.298. The maximum atomic E-state index is 5.67. The van der Waals surface area contributed by atoms with Gasteiger partial charge in [-0.3, -0.25) is 0 Å².